The number of nitrogens with zero attached hydrogens (tertiary/aromatic N) is 2. The fourth-order valence-corrected chi connectivity index (χ4v) is 1.77. The lowest BCUT2D eigenvalue weighted by Gasteiger charge is -2.09. The number of methoxy groups -OCH3 is 1. The van der Waals surface area contributed by atoms with Gasteiger partial charge < -0.3 is 27.3 Å². The number of rotatable bonds is 3. The van der Waals surface area contributed by atoms with Gasteiger partial charge in [-0.2, -0.15) is 4.99 Å². The maximum absolute atomic E-state index is 5.82. The molecule has 0 aliphatic carbocycles. The molecule has 2 aromatic rings. The third kappa shape index (κ3) is 4.14. The number of hydrogen-bond acceptors (Lipinski definition) is 3. The molecule has 0 amide bonds. The summed E-state index contributed by atoms with van der Waals surface area (Å²) in [5, 5.41) is 2.88. The van der Waals surface area contributed by atoms with Crippen molar-refractivity contribution >= 4 is 29.0 Å². The smallest absolute Gasteiger partial charge is 0.223 e. The van der Waals surface area contributed by atoms with E-state index in [1.54, 1.807) is 25.3 Å². The molecule has 0 bridgehead atoms. The Labute approximate surface area is 128 Å². The number of aliphatic imine (C=N–C) groups is 2. The maximum atomic E-state index is 5.82. The molecule has 0 aliphatic heterocycles. The van der Waals surface area contributed by atoms with E-state index in [1.807, 2.05) is 30.3 Å². The minimum absolute atomic E-state index is 0.0534. The van der Waals surface area contributed by atoms with Gasteiger partial charge in [0.15, 0.2) is 0 Å². The van der Waals surface area contributed by atoms with Gasteiger partial charge in [-0.25, -0.2) is 4.99 Å². The number of hydrogen-bond donors (Lipinski definition) is 4. The summed E-state index contributed by atoms with van der Waals surface area (Å²) in [5.41, 5.74) is 19.2. The summed E-state index contributed by atoms with van der Waals surface area (Å²) in [4.78, 5) is 8.11. The average Bonchev–Trinajstić information content (AvgIpc) is 2.48. The Bertz CT molecular complexity index is 696. The SMILES string of the molecule is COc1ccc(N/C(N)=N\C(N)=Nc2ccccc2)cc1N. The van der Waals surface area contributed by atoms with Crippen molar-refractivity contribution in [3.63, 3.8) is 0 Å². The number of nitrogens with two attached hydrogens (primary N) is 3. The third-order valence-electron chi connectivity index (χ3n) is 2.74. The van der Waals surface area contributed by atoms with Gasteiger partial charge in [0.1, 0.15) is 5.75 Å². The highest BCUT2D eigenvalue weighted by Crippen LogP contribution is 2.24. The van der Waals surface area contributed by atoms with E-state index >= 15 is 0 Å². The highest BCUT2D eigenvalue weighted by molar-refractivity contribution is 6.01. The molecule has 0 radical (unpaired) electrons. The van der Waals surface area contributed by atoms with Crippen LogP contribution in [0.4, 0.5) is 17.1 Å². The van der Waals surface area contributed by atoms with Crippen LogP contribution in [0.5, 0.6) is 5.75 Å². The molecule has 7 N–H and O–H groups in total. The summed E-state index contributed by atoms with van der Waals surface area (Å²) in [6.07, 6.45) is 0. The second-order valence-electron chi connectivity index (χ2n) is 4.38. The van der Waals surface area contributed by atoms with E-state index in [9.17, 15) is 0 Å². The van der Waals surface area contributed by atoms with Gasteiger partial charge in [-0.3, -0.25) is 0 Å². The first-order chi connectivity index (χ1) is 10.6. The summed E-state index contributed by atoms with van der Waals surface area (Å²) in [6, 6.07) is 14.4. The molecule has 0 saturated carbocycles. The van der Waals surface area contributed by atoms with E-state index in [4.69, 9.17) is 21.9 Å². The Morgan fingerprint density at radius 2 is 1.82 bits per heavy atom. The topological polar surface area (TPSA) is 124 Å². The lowest BCUT2D eigenvalue weighted by molar-refractivity contribution is 0.417. The largest absolute Gasteiger partial charge is 0.495 e. The van der Waals surface area contributed by atoms with Crippen molar-refractivity contribution in [3.05, 3.63) is 48.5 Å². The first-order valence-electron chi connectivity index (χ1n) is 6.52. The lowest BCUT2D eigenvalue weighted by Crippen LogP contribution is -2.26. The molecular weight excluding hydrogens is 280 g/mol. The number of benzene rings is 2. The molecular formula is C15H18N6O. The third-order valence-corrected chi connectivity index (χ3v) is 2.74. The van der Waals surface area contributed by atoms with Crippen molar-refractivity contribution in [2.45, 2.75) is 0 Å². The normalized spacial score (nSPS) is 12.0. The zero-order chi connectivity index (χ0) is 15.9. The van der Waals surface area contributed by atoms with Gasteiger partial charge in [-0.05, 0) is 30.3 Å². The van der Waals surface area contributed by atoms with Crippen LogP contribution < -0.4 is 27.3 Å². The predicted molar refractivity (Wildman–Crippen MR) is 90.4 cm³/mol. The molecule has 114 valence electrons. The first-order valence-corrected chi connectivity index (χ1v) is 6.52. The molecule has 0 unspecified atom stereocenters. The van der Waals surface area contributed by atoms with E-state index < -0.39 is 0 Å². The standard InChI is InChI=1S/C15H18N6O/c1-22-13-8-7-11(9-12(13)16)20-15(18)21-14(17)19-10-5-3-2-4-6-10/h2-9H,16H2,1H3,(H5,17,18,19,20,21). The quantitative estimate of drug-likeness (QED) is 0.389. The van der Waals surface area contributed by atoms with Crippen LogP contribution in [0.2, 0.25) is 0 Å². The van der Waals surface area contributed by atoms with E-state index in [2.05, 4.69) is 15.3 Å². The molecule has 2 rings (SSSR count). The molecule has 0 aliphatic rings. The summed E-state index contributed by atoms with van der Waals surface area (Å²) >= 11 is 0. The van der Waals surface area contributed by atoms with Crippen LogP contribution >= 0.6 is 0 Å². The average molecular weight is 298 g/mol. The van der Waals surface area contributed by atoms with Crippen molar-refractivity contribution in [1.82, 2.24) is 0 Å². The Morgan fingerprint density at radius 3 is 2.45 bits per heavy atom. The van der Waals surface area contributed by atoms with E-state index in [0.717, 1.165) is 0 Å². The van der Waals surface area contributed by atoms with Gasteiger partial charge in [0.05, 0.1) is 18.5 Å². The van der Waals surface area contributed by atoms with Crippen molar-refractivity contribution < 1.29 is 4.74 Å². The van der Waals surface area contributed by atoms with E-state index in [1.165, 1.54) is 0 Å². The van der Waals surface area contributed by atoms with Gasteiger partial charge in [0.25, 0.3) is 0 Å². The summed E-state index contributed by atoms with van der Waals surface area (Å²) in [7, 11) is 1.55. The Balaban J connectivity index is 2.09. The van der Waals surface area contributed by atoms with Crippen molar-refractivity contribution in [3.8, 4) is 5.75 Å². The number of para-hydroxylation sites is 1. The van der Waals surface area contributed by atoms with Crippen LogP contribution in [-0.2, 0) is 0 Å². The molecule has 2 aromatic carbocycles. The number of ether oxygens (including phenoxy) is 1. The van der Waals surface area contributed by atoms with Gasteiger partial charge in [-0.1, -0.05) is 18.2 Å². The number of nitrogen functional groups attached to an aromatic ring is 1. The van der Waals surface area contributed by atoms with Gasteiger partial charge in [0, 0.05) is 5.69 Å². The van der Waals surface area contributed by atoms with Crippen LogP contribution in [-0.4, -0.2) is 19.0 Å². The first kappa shape index (κ1) is 15.2. The van der Waals surface area contributed by atoms with Gasteiger partial charge >= 0.3 is 0 Å². The van der Waals surface area contributed by atoms with Crippen LogP contribution in [0.15, 0.2) is 58.5 Å². The number of nitrogens with one attached hydrogen (secondary N) is 1. The monoisotopic (exact) mass is 298 g/mol. The van der Waals surface area contributed by atoms with Crippen LogP contribution in [0.3, 0.4) is 0 Å². The molecule has 0 fully saturated rings. The molecule has 0 spiro atoms. The fraction of sp³-hybridized carbons (Fsp3) is 0.0667. The molecule has 0 atom stereocenters. The van der Waals surface area contributed by atoms with Crippen molar-refractivity contribution in [1.29, 1.82) is 0 Å². The molecule has 22 heavy (non-hydrogen) atoms. The molecule has 7 nitrogen and oxygen atoms in total. The van der Waals surface area contributed by atoms with Crippen LogP contribution in [0.25, 0.3) is 0 Å². The Hall–Kier alpha value is -3.22. The predicted octanol–water partition coefficient (Wildman–Crippen LogP) is 1.65. The lowest BCUT2D eigenvalue weighted by atomic mass is 10.2. The van der Waals surface area contributed by atoms with E-state index in [0.29, 0.717) is 22.8 Å². The second kappa shape index (κ2) is 6.98. The maximum Gasteiger partial charge on any atom is 0.223 e. The molecule has 0 aromatic heterocycles. The van der Waals surface area contributed by atoms with Gasteiger partial charge in [0.2, 0.25) is 11.9 Å². The summed E-state index contributed by atoms with van der Waals surface area (Å²) in [6.45, 7) is 0. The number of anilines is 2. The second-order valence-corrected chi connectivity index (χ2v) is 4.38. The van der Waals surface area contributed by atoms with Crippen molar-refractivity contribution in [2.75, 3.05) is 18.2 Å². The Morgan fingerprint density at radius 1 is 1.09 bits per heavy atom. The Kier molecular flexibility index (Phi) is 4.81. The van der Waals surface area contributed by atoms with Crippen LogP contribution in [0.1, 0.15) is 0 Å². The van der Waals surface area contributed by atoms with Gasteiger partial charge in [-0.15, -0.1) is 0 Å². The van der Waals surface area contributed by atoms with Crippen molar-refractivity contribution in [2.24, 2.45) is 21.5 Å². The van der Waals surface area contributed by atoms with E-state index in [-0.39, 0.29) is 11.9 Å². The summed E-state index contributed by atoms with van der Waals surface area (Å²) in [5.74, 6) is 0.755. The minimum atomic E-state index is 0.0534. The number of guanidine groups is 2. The zero-order valence-electron chi connectivity index (χ0n) is 12.2. The highest BCUT2D eigenvalue weighted by atomic mass is 16.5. The summed E-state index contributed by atoms with van der Waals surface area (Å²) < 4.78 is 5.08. The molecule has 0 saturated heterocycles. The van der Waals surface area contributed by atoms with Crippen LogP contribution in [0, 0.1) is 0 Å². The highest BCUT2D eigenvalue weighted by Gasteiger charge is 2.02. The minimum Gasteiger partial charge on any atom is -0.495 e. The molecule has 7 heteroatoms. The molecule has 0 heterocycles. The fourth-order valence-electron chi connectivity index (χ4n) is 1.77. The zero-order valence-corrected chi connectivity index (χ0v) is 12.2.